The fourth-order valence-corrected chi connectivity index (χ4v) is 4.51. The molecule has 6 heteroatoms. The Bertz CT molecular complexity index is 1090. The van der Waals surface area contributed by atoms with Crippen LogP contribution in [-0.2, 0) is 5.54 Å². The summed E-state index contributed by atoms with van der Waals surface area (Å²) in [5.41, 5.74) is 0.723. The molecule has 1 fully saturated rings. The van der Waals surface area contributed by atoms with Gasteiger partial charge in [-0.1, -0.05) is 48.5 Å². The number of β-amino-alcohol motifs (C(OH)–C–C–N with tert-alkyl or cyclic N) is 1. The zero-order valence-electron chi connectivity index (χ0n) is 16.6. The fraction of sp³-hybridized carbons (Fsp3) is 0.304. The summed E-state index contributed by atoms with van der Waals surface area (Å²) in [6, 6.07) is 17.0. The molecule has 1 saturated heterocycles. The minimum atomic E-state index is -0.744. The van der Waals surface area contributed by atoms with E-state index in [0.717, 1.165) is 5.56 Å². The second-order valence-corrected chi connectivity index (χ2v) is 7.78. The first kappa shape index (κ1) is 19.4. The number of likely N-dealkylation sites (tertiary alicyclic amines) is 1. The molecule has 1 amide bonds. The van der Waals surface area contributed by atoms with Crippen LogP contribution in [0.25, 0.3) is 10.8 Å². The van der Waals surface area contributed by atoms with E-state index in [9.17, 15) is 14.7 Å². The number of aromatic nitrogens is 1. The number of hydrogen-bond donors (Lipinski definition) is 2. The Kier molecular flexibility index (Phi) is 4.98. The summed E-state index contributed by atoms with van der Waals surface area (Å²) in [4.78, 5) is 31.7. The molecule has 29 heavy (non-hydrogen) atoms. The number of aliphatic hydroxyl groups excluding tert-OH is 1. The average Bonchev–Trinajstić information content (AvgIpc) is 2.74. The van der Waals surface area contributed by atoms with Crippen molar-refractivity contribution >= 4 is 16.7 Å². The van der Waals surface area contributed by atoms with Crippen LogP contribution in [0.4, 0.5) is 0 Å². The van der Waals surface area contributed by atoms with E-state index in [1.54, 1.807) is 23.1 Å². The molecule has 2 atom stereocenters. The number of H-pyrrole nitrogens is 1. The summed E-state index contributed by atoms with van der Waals surface area (Å²) < 4.78 is 0. The number of hydrogen-bond acceptors (Lipinski definition) is 4. The van der Waals surface area contributed by atoms with Crippen LogP contribution in [0.15, 0.2) is 65.6 Å². The molecular formula is C23H25N3O3. The van der Waals surface area contributed by atoms with Gasteiger partial charge >= 0.3 is 0 Å². The van der Waals surface area contributed by atoms with E-state index < -0.39 is 11.6 Å². The standard InChI is InChI=1S/C23H25N3O3/c1-25(2)23(16-8-4-3-5-9-16)12-13-26(15-20(23)27)22(29)19-14-24-21(28)18-11-7-6-10-17(18)19/h3-11,14,20,27H,12-13,15H2,1-2H3,(H,24,28)/t20-,23+/m1/s1. The molecule has 2 aromatic carbocycles. The van der Waals surface area contributed by atoms with Gasteiger partial charge in [-0.3, -0.25) is 14.5 Å². The second kappa shape index (κ2) is 7.46. The number of aromatic amines is 1. The van der Waals surface area contributed by atoms with E-state index >= 15 is 0 Å². The van der Waals surface area contributed by atoms with E-state index in [-0.39, 0.29) is 18.0 Å². The smallest absolute Gasteiger partial charge is 0.256 e. The summed E-state index contributed by atoms with van der Waals surface area (Å²) in [5, 5.41) is 12.3. The topological polar surface area (TPSA) is 76.6 Å². The lowest BCUT2D eigenvalue weighted by Gasteiger charge is -2.49. The van der Waals surface area contributed by atoms with Crippen molar-refractivity contribution in [3.05, 3.63) is 82.3 Å². The molecule has 1 aliphatic rings. The number of amides is 1. The number of pyridine rings is 1. The van der Waals surface area contributed by atoms with E-state index in [1.165, 1.54) is 6.20 Å². The summed E-state index contributed by atoms with van der Waals surface area (Å²) >= 11 is 0. The van der Waals surface area contributed by atoms with Crippen molar-refractivity contribution in [2.45, 2.75) is 18.1 Å². The number of rotatable bonds is 3. The molecule has 3 aromatic rings. The van der Waals surface area contributed by atoms with Crippen molar-refractivity contribution in [1.82, 2.24) is 14.8 Å². The van der Waals surface area contributed by atoms with Crippen molar-refractivity contribution in [2.75, 3.05) is 27.2 Å². The molecule has 2 heterocycles. The highest BCUT2D eigenvalue weighted by Crippen LogP contribution is 2.38. The first-order chi connectivity index (χ1) is 13.9. The molecule has 0 unspecified atom stereocenters. The third-order valence-electron chi connectivity index (χ3n) is 6.11. The number of carbonyl (C=O) groups is 1. The Labute approximate surface area is 169 Å². The third-order valence-corrected chi connectivity index (χ3v) is 6.11. The highest BCUT2D eigenvalue weighted by molar-refractivity contribution is 6.06. The zero-order chi connectivity index (χ0) is 20.6. The minimum Gasteiger partial charge on any atom is -0.389 e. The Morgan fingerprint density at radius 2 is 1.76 bits per heavy atom. The Balaban J connectivity index is 1.66. The van der Waals surface area contributed by atoms with Crippen molar-refractivity contribution in [2.24, 2.45) is 0 Å². The number of likely N-dealkylation sites (N-methyl/N-ethyl adjacent to an activating group) is 1. The summed E-state index contributed by atoms with van der Waals surface area (Å²) in [6.07, 6.45) is 1.34. The molecule has 2 N–H and O–H groups in total. The van der Waals surface area contributed by atoms with E-state index in [0.29, 0.717) is 29.3 Å². The van der Waals surface area contributed by atoms with Gasteiger partial charge in [0.1, 0.15) is 0 Å². The summed E-state index contributed by atoms with van der Waals surface area (Å²) in [5.74, 6) is -0.183. The van der Waals surface area contributed by atoms with E-state index in [2.05, 4.69) is 4.98 Å². The Morgan fingerprint density at radius 3 is 2.41 bits per heavy atom. The van der Waals surface area contributed by atoms with Gasteiger partial charge in [-0.05, 0) is 32.1 Å². The maximum Gasteiger partial charge on any atom is 0.256 e. The van der Waals surface area contributed by atoms with Gasteiger partial charge in [0.25, 0.3) is 11.5 Å². The Hall–Kier alpha value is -2.96. The Morgan fingerprint density at radius 1 is 1.10 bits per heavy atom. The SMILES string of the molecule is CN(C)[C@]1(c2ccccc2)CCN(C(=O)c2c[nH]c(=O)c3ccccc23)C[C@H]1O. The molecule has 0 aliphatic carbocycles. The molecule has 0 bridgehead atoms. The monoisotopic (exact) mass is 391 g/mol. The quantitative estimate of drug-likeness (QED) is 0.718. The normalized spacial score (nSPS) is 22.2. The molecule has 4 rings (SSSR count). The highest BCUT2D eigenvalue weighted by Gasteiger charge is 2.46. The molecule has 150 valence electrons. The van der Waals surface area contributed by atoms with Gasteiger partial charge in [0.15, 0.2) is 0 Å². The van der Waals surface area contributed by atoms with Crippen LogP contribution >= 0.6 is 0 Å². The second-order valence-electron chi connectivity index (χ2n) is 7.78. The fourth-order valence-electron chi connectivity index (χ4n) is 4.51. The van der Waals surface area contributed by atoms with Crippen LogP contribution in [0.2, 0.25) is 0 Å². The lowest BCUT2D eigenvalue weighted by molar-refractivity contribution is -0.0612. The van der Waals surface area contributed by atoms with Crippen molar-refractivity contribution in [3.8, 4) is 0 Å². The number of aliphatic hydroxyl groups is 1. The largest absolute Gasteiger partial charge is 0.389 e. The first-order valence-electron chi connectivity index (χ1n) is 9.76. The van der Waals surface area contributed by atoms with Crippen LogP contribution in [-0.4, -0.2) is 59.1 Å². The number of carbonyl (C=O) groups excluding carboxylic acids is 1. The van der Waals surface area contributed by atoms with E-state index in [1.807, 2.05) is 55.4 Å². The molecule has 0 saturated carbocycles. The van der Waals surface area contributed by atoms with Gasteiger partial charge in [0.05, 0.1) is 17.2 Å². The van der Waals surface area contributed by atoms with Crippen LogP contribution in [0.5, 0.6) is 0 Å². The average molecular weight is 391 g/mol. The van der Waals surface area contributed by atoms with Crippen molar-refractivity contribution < 1.29 is 9.90 Å². The number of nitrogens with one attached hydrogen (secondary N) is 1. The molecule has 6 nitrogen and oxygen atoms in total. The van der Waals surface area contributed by atoms with Gasteiger partial charge in [-0.2, -0.15) is 0 Å². The number of fused-ring (bicyclic) bond motifs is 1. The zero-order valence-corrected chi connectivity index (χ0v) is 16.6. The first-order valence-corrected chi connectivity index (χ1v) is 9.76. The molecular weight excluding hydrogens is 366 g/mol. The summed E-state index contributed by atoms with van der Waals surface area (Å²) in [7, 11) is 3.92. The van der Waals surface area contributed by atoms with Gasteiger partial charge < -0.3 is 15.0 Å². The van der Waals surface area contributed by atoms with Crippen LogP contribution < -0.4 is 5.56 Å². The van der Waals surface area contributed by atoms with E-state index in [4.69, 9.17) is 0 Å². The van der Waals surface area contributed by atoms with Gasteiger partial charge in [0.2, 0.25) is 0 Å². The molecule has 0 radical (unpaired) electrons. The maximum atomic E-state index is 13.3. The van der Waals surface area contributed by atoms with Gasteiger partial charge in [-0.25, -0.2) is 0 Å². The molecule has 1 aromatic heterocycles. The third kappa shape index (κ3) is 3.14. The predicted molar refractivity (Wildman–Crippen MR) is 113 cm³/mol. The molecule has 1 aliphatic heterocycles. The maximum absolute atomic E-state index is 13.3. The van der Waals surface area contributed by atoms with Crippen molar-refractivity contribution in [1.29, 1.82) is 0 Å². The van der Waals surface area contributed by atoms with Crippen LogP contribution in [0, 0.1) is 0 Å². The number of nitrogens with zero attached hydrogens (tertiary/aromatic N) is 2. The highest BCUT2D eigenvalue weighted by atomic mass is 16.3. The summed E-state index contributed by atoms with van der Waals surface area (Å²) in [6.45, 7) is 0.732. The predicted octanol–water partition coefficient (Wildman–Crippen LogP) is 2.19. The molecule has 0 spiro atoms. The lowest BCUT2D eigenvalue weighted by Crippen LogP contribution is -2.60. The lowest BCUT2D eigenvalue weighted by atomic mass is 9.77. The van der Waals surface area contributed by atoms with Crippen LogP contribution in [0.1, 0.15) is 22.3 Å². The van der Waals surface area contributed by atoms with Crippen molar-refractivity contribution in [3.63, 3.8) is 0 Å². The van der Waals surface area contributed by atoms with Gasteiger partial charge in [0, 0.05) is 30.1 Å². The van der Waals surface area contributed by atoms with Crippen LogP contribution in [0.3, 0.4) is 0 Å². The minimum absolute atomic E-state index is 0.183. The van der Waals surface area contributed by atoms with Gasteiger partial charge in [-0.15, -0.1) is 0 Å². The number of piperidine rings is 1. The number of benzene rings is 2.